The van der Waals surface area contributed by atoms with Crippen LogP contribution in [0.25, 0.3) is 0 Å². The molecule has 2 aliphatic rings. The topological polar surface area (TPSA) is 38.5 Å². The number of nitrogens with zero attached hydrogens (tertiary/aromatic N) is 1. The van der Waals surface area contributed by atoms with Gasteiger partial charge in [-0.3, -0.25) is 0 Å². The van der Waals surface area contributed by atoms with E-state index in [1.165, 1.54) is 25.9 Å². The van der Waals surface area contributed by atoms with Gasteiger partial charge in [0.2, 0.25) is 0 Å². The van der Waals surface area contributed by atoms with E-state index in [1.807, 2.05) is 0 Å². The highest BCUT2D eigenvalue weighted by molar-refractivity contribution is 4.78. The van der Waals surface area contributed by atoms with Gasteiger partial charge in [-0.2, -0.15) is 0 Å². The van der Waals surface area contributed by atoms with Crippen molar-refractivity contribution < 1.29 is 4.74 Å². The molecule has 0 bridgehead atoms. The summed E-state index contributed by atoms with van der Waals surface area (Å²) in [5.74, 6) is 0.835. The van der Waals surface area contributed by atoms with E-state index in [0.29, 0.717) is 6.04 Å². The van der Waals surface area contributed by atoms with Gasteiger partial charge in [0, 0.05) is 18.5 Å². The predicted molar refractivity (Wildman–Crippen MR) is 48.0 cm³/mol. The lowest BCUT2D eigenvalue weighted by atomic mass is 10.0. The molecule has 2 aliphatic heterocycles. The fourth-order valence-electron chi connectivity index (χ4n) is 1.88. The zero-order valence-corrected chi connectivity index (χ0v) is 7.54. The van der Waals surface area contributed by atoms with Crippen molar-refractivity contribution in [3.63, 3.8) is 0 Å². The Bertz CT molecular complexity index is 147. The maximum absolute atomic E-state index is 5.81. The van der Waals surface area contributed by atoms with Gasteiger partial charge in [0.1, 0.15) is 0 Å². The highest BCUT2D eigenvalue weighted by atomic mass is 16.5. The summed E-state index contributed by atoms with van der Waals surface area (Å²) in [4.78, 5) is 2.48. The van der Waals surface area contributed by atoms with E-state index < -0.39 is 0 Å². The second-order valence-electron chi connectivity index (χ2n) is 4.04. The highest BCUT2D eigenvalue weighted by Gasteiger charge is 2.22. The molecule has 3 nitrogen and oxygen atoms in total. The molecular formula is C9H18N2O. The van der Waals surface area contributed by atoms with Crippen LogP contribution in [0.4, 0.5) is 0 Å². The summed E-state index contributed by atoms with van der Waals surface area (Å²) >= 11 is 0. The normalized spacial score (nSPS) is 32.2. The first-order valence-corrected chi connectivity index (χ1v) is 4.90. The molecule has 2 rings (SSSR count). The molecule has 0 spiro atoms. The SMILES string of the molecule is NC1CCN(CCC2COC2)C1. The molecule has 0 aromatic carbocycles. The number of likely N-dealkylation sites (tertiary alicyclic amines) is 1. The van der Waals surface area contributed by atoms with Gasteiger partial charge in [-0.25, -0.2) is 0 Å². The molecule has 2 N–H and O–H groups in total. The van der Waals surface area contributed by atoms with Crippen molar-refractivity contribution in [2.45, 2.75) is 18.9 Å². The van der Waals surface area contributed by atoms with Crippen molar-refractivity contribution >= 4 is 0 Å². The molecule has 2 fully saturated rings. The van der Waals surface area contributed by atoms with Crippen LogP contribution in [0.3, 0.4) is 0 Å². The summed E-state index contributed by atoms with van der Waals surface area (Å²) < 4.78 is 5.13. The van der Waals surface area contributed by atoms with Gasteiger partial charge in [-0.15, -0.1) is 0 Å². The molecule has 0 saturated carbocycles. The lowest BCUT2D eigenvalue weighted by molar-refractivity contribution is -0.0383. The van der Waals surface area contributed by atoms with Crippen molar-refractivity contribution in [3.05, 3.63) is 0 Å². The molecule has 70 valence electrons. The Hall–Kier alpha value is -0.120. The number of rotatable bonds is 3. The Morgan fingerprint density at radius 2 is 2.25 bits per heavy atom. The van der Waals surface area contributed by atoms with E-state index in [-0.39, 0.29) is 0 Å². The maximum atomic E-state index is 5.81. The average Bonchev–Trinajstić information content (AvgIpc) is 2.32. The lowest BCUT2D eigenvalue weighted by Crippen LogP contribution is -2.33. The standard InChI is InChI=1S/C9H18N2O/c10-9-2-4-11(5-9)3-1-8-6-12-7-8/h8-9H,1-7,10H2. The molecule has 2 saturated heterocycles. The van der Waals surface area contributed by atoms with Crippen LogP contribution in [0.1, 0.15) is 12.8 Å². The fraction of sp³-hybridized carbons (Fsp3) is 1.00. The van der Waals surface area contributed by atoms with Gasteiger partial charge in [-0.05, 0) is 25.9 Å². The van der Waals surface area contributed by atoms with Gasteiger partial charge < -0.3 is 15.4 Å². The maximum Gasteiger partial charge on any atom is 0.0516 e. The van der Waals surface area contributed by atoms with Crippen molar-refractivity contribution in [1.29, 1.82) is 0 Å². The molecule has 0 aliphatic carbocycles. The number of nitrogens with two attached hydrogens (primary N) is 1. The first kappa shape index (κ1) is 8.48. The zero-order valence-electron chi connectivity index (χ0n) is 7.54. The molecule has 0 radical (unpaired) electrons. The van der Waals surface area contributed by atoms with Crippen molar-refractivity contribution in [1.82, 2.24) is 4.90 Å². The van der Waals surface area contributed by atoms with Crippen LogP contribution in [0, 0.1) is 5.92 Å². The molecule has 1 unspecified atom stereocenters. The Labute approximate surface area is 73.9 Å². The minimum atomic E-state index is 0.433. The van der Waals surface area contributed by atoms with E-state index in [1.54, 1.807) is 0 Å². The van der Waals surface area contributed by atoms with E-state index in [4.69, 9.17) is 10.5 Å². The van der Waals surface area contributed by atoms with Crippen LogP contribution in [-0.2, 0) is 4.74 Å². The van der Waals surface area contributed by atoms with Crippen LogP contribution >= 0.6 is 0 Å². The Morgan fingerprint density at radius 1 is 1.42 bits per heavy atom. The largest absolute Gasteiger partial charge is 0.381 e. The summed E-state index contributed by atoms with van der Waals surface area (Å²) in [6, 6.07) is 0.433. The molecule has 3 heteroatoms. The highest BCUT2D eigenvalue weighted by Crippen LogP contribution is 2.16. The smallest absolute Gasteiger partial charge is 0.0516 e. The Balaban J connectivity index is 1.60. The number of hydrogen-bond donors (Lipinski definition) is 1. The molecular weight excluding hydrogens is 152 g/mol. The van der Waals surface area contributed by atoms with Crippen molar-refractivity contribution in [2.24, 2.45) is 11.7 Å². The molecule has 12 heavy (non-hydrogen) atoms. The summed E-state index contributed by atoms with van der Waals surface area (Å²) in [5, 5.41) is 0. The van der Waals surface area contributed by atoms with Gasteiger partial charge >= 0.3 is 0 Å². The van der Waals surface area contributed by atoms with Gasteiger partial charge in [-0.1, -0.05) is 0 Å². The fourth-order valence-corrected chi connectivity index (χ4v) is 1.88. The minimum Gasteiger partial charge on any atom is -0.381 e. The molecule has 0 aromatic heterocycles. The summed E-state index contributed by atoms with van der Waals surface area (Å²) in [5.41, 5.74) is 5.81. The molecule has 2 heterocycles. The first-order valence-electron chi connectivity index (χ1n) is 4.90. The van der Waals surface area contributed by atoms with Crippen LogP contribution in [0.5, 0.6) is 0 Å². The van der Waals surface area contributed by atoms with Crippen molar-refractivity contribution in [2.75, 3.05) is 32.8 Å². The number of ether oxygens (including phenoxy) is 1. The third kappa shape index (κ3) is 1.97. The lowest BCUT2D eigenvalue weighted by Gasteiger charge is -2.27. The quantitative estimate of drug-likeness (QED) is 0.650. The molecule has 1 atom stereocenters. The first-order chi connectivity index (χ1) is 5.84. The third-order valence-corrected chi connectivity index (χ3v) is 2.87. The van der Waals surface area contributed by atoms with Gasteiger partial charge in [0.25, 0.3) is 0 Å². The van der Waals surface area contributed by atoms with Crippen LogP contribution in [-0.4, -0.2) is 43.8 Å². The molecule has 0 amide bonds. The van der Waals surface area contributed by atoms with E-state index in [9.17, 15) is 0 Å². The second kappa shape index (κ2) is 3.73. The zero-order chi connectivity index (χ0) is 8.39. The van der Waals surface area contributed by atoms with Crippen LogP contribution in [0.15, 0.2) is 0 Å². The number of hydrogen-bond acceptors (Lipinski definition) is 3. The van der Waals surface area contributed by atoms with E-state index in [0.717, 1.165) is 25.7 Å². The van der Waals surface area contributed by atoms with Crippen LogP contribution in [0.2, 0.25) is 0 Å². The summed E-state index contributed by atoms with van der Waals surface area (Å²) in [6.07, 6.45) is 2.48. The monoisotopic (exact) mass is 170 g/mol. The predicted octanol–water partition coefficient (Wildman–Crippen LogP) is 0.0559. The molecule has 0 aromatic rings. The van der Waals surface area contributed by atoms with E-state index >= 15 is 0 Å². The second-order valence-corrected chi connectivity index (χ2v) is 4.04. The minimum absolute atomic E-state index is 0.433. The van der Waals surface area contributed by atoms with Crippen molar-refractivity contribution in [3.8, 4) is 0 Å². The van der Waals surface area contributed by atoms with Gasteiger partial charge in [0.05, 0.1) is 13.2 Å². The average molecular weight is 170 g/mol. The Morgan fingerprint density at radius 3 is 2.75 bits per heavy atom. The Kier molecular flexibility index (Phi) is 2.63. The van der Waals surface area contributed by atoms with E-state index in [2.05, 4.69) is 4.90 Å². The third-order valence-electron chi connectivity index (χ3n) is 2.87. The van der Waals surface area contributed by atoms with Crippen LogP contribution < -0.4 is 5.73 Å². The summed E-state index contributed by atoms with van der Waals surface area (Å²) in [6.45, 7) is 5.50. The van der Waals surface area contributed by atoms with Gasteiger partial charge in [0.15, 0.2) is 0 Å². The summed E-state index contributed by atoms with van der Waals surface area (Å²) in [7, 11) is 0.